The van der Waals surface area contributed by atoms with E-state index in [0.717, 1.165) is 43.4 Å². The molecule has 1 heterocycles. The Morgan fingerprint density at radius 3 is 2.42 bits per heavy atom. The lowest BCUT2D eigenvalue weighted by atomic mass is 9.65. The standard InChI is InChI=1S/C25H28N2O4/c1-31-21(28)14-17-26-23(29)22-19-12-6-7-13-20(19)24(30)27(18-10-4-2-5-11-18)25(22)15-8-3-9-16-25/h2,4-7,10-13,22H,3,8-9,14-17H2,1H3,(H,26,29)/t22-/m0/s1. The van der Waals surface area contributed by atoms with Gasteiger partial charge in [0.15, 0.2) is 0 Å². The quantitative estimate of drug-likeness (QED) is 0.747. The molecular weight excluding hydrogens is 392 g/mol. The van der Waals surface area contributed by atoms with Crippen LogP contribution in [0.2, 0.25) is 0 Å². The van der Waals surface area contributed by atoms with Crippen molar-refractivity contribution in [2.24, 2.45) is 0 Å². The van der Waals surface area contributed by atoms with Crippen LogP contribution in [0.1, 0.15) is 60.4 Å². The number of amides is 2. The number of para-hydroxylation sites is 1. The highest BCUT2D eigenvalue weighted by molar-refractivity contribution is 6.12. The summed E-state index contributed by atoms with van der Waals surface area (Å²) in [6.45, 7) is 0.208. The number of carbonyl (C=O) groups excluding carboxylic acids is 3. The molecular formula is C25H28N2O4. The number of rotatable bonds is 5. The van der Waals surface area contributed by atoms with Crippen LogP contribution in [0.4, 0.5) is 5.69 Å². The third-order valence-corrected chi connectivity index (χ3v) is 6.54. The van der Waals surface area contributed by atoms with Gasteiger partial charge in [-0.05, 0) is 36.6 Å². The molecule has 2 aromatic carbocycles. The van der Waals surface area contributed by atoms with E-state index in [-0.39, 0.29) is 30.7 Å². The molecule has 2 amide bonds. The van der Waals surface area contributed by atoms with Gasteiger partial charge in [-0.15, -0.1) is 0 Å². The zero-order valence-corrected chi connectivity index (χ0v) is 17.8. The molecule has 0 radical (unpaired) electrons. The van der Waals surface area contributed by atoms with Crippen LogP contribution in [-0.2, 0) is 14.3 Å². The number of nitrogens with one attached hydrogen (secondary N) is 1. The van der Waals surface area contributed by atoms with Gasteiger partial charge < -0.3 is 15.0 Å². The van der Waals surface area contributed by atoms with E-state index in [2.05, 4.69) is 10.1 Å². The predicted molar refractivity (Wildman–Crippen MR) is 118 cm³/mol. The average molecular weight is 421 g/mol. The van der Waals surface area contributed by atoms with Crippen molar-refractivity contribution in [1.29, 1.82) is 0 Å². The van der Waals surface area contributed by atoms with Crippen molar-refractivity contribution in [2.75, 3.05) is 18.6 Å². The van der Waals surface area contributed by atoms with Crippen LogP contribution in [0, 0.1) is 0 Å². The summed E-state index contributed by atoms with van der Waals surface area (Å²) in [6.07, 6.45) is 4.66. The SMILES string of the molecule is COC(=O)CCNC(=O)[C@@H]1c2ccccc2C(=O)N(c2ccccc2)C12CCCCC2. The molecule has 1 atom stereocenters. The summed E-state index contributed by atoms with van der Waals surface area (Å²) in [5.74, 6) is -1.06. The number of esters is 1. The van der Waals surface area contributed by atoms with Gasteiger partial charge in [0, 0.05) is 17.8 Å². The Bertz CT molecular complexity index is 966. The van der Waals surface area contributed by atoms with Crippen molar-refractivity contribution in [3.8, 4) is 0 Å². The monoisotopic (exact) mass is 420 g/mol. The molecule has 0 bridgehead atoms. The summed E-state index contributed by atoms with van der Waals surface area (Å²) in [5, 5.41) is 2.94. The first-order valence-corrected chi connectivity index (χ1v) is 10.9. The first-order chi connectivity index (χ1) is 15.1. The molecule has 4 rings (SSSR count). The maximum Gasteiger partial charge on any atom is 0.307 e. The van der Waals surface area contributed by atoms with Crippen LogP contribution >= 0.6 is 0 Å². The first kappa shape index (κ1) is 21.1. The van der Waals surface area contributed by atoms with Gasteiger partial charge in [0.1, 0.15) is 0 Å². The van der Waals surface area contributed by atoms with E-state index in [1.807, 2.05) is 53.4 Å². The summed E-state index contributed by atoms with van der Waals surface area (Å²) in [5.41, 5.74) is 1.53. The summed E-state index contributed by atoms with van der Waals surface area (Å²) in [6, 6.07) is 17.1. The second-order valence-corrected chi connectivity index (χ2v) is 8.28. The Hall–Kier alpha value is -3.15. The highest BCUT2D eigenvalue weighted by Gasteiger charge is 2.55. The number of nitrogens with zero attached hydrogens (tertiary/aromatic N) is 1. The zero-order valence-electron chi connectivity index (χ0n) is 17.8. The predicted octanol–water partition coefficient (Wildman–Crippen LogP) is 3.81. The normalized spacial score (nSPS) is 19.6. The molecule has 2 aromatic rings. The van der Waals surface area contributed by atoms with E-state index in [9.17, 15) is 14.4 Å². The van der Waals surface area contributed by atoms with Gasteiger partial charge in [0.25, 0.3) is 5.91 Å². The largest absolute Gasteiger partial charge is 0.469 e. The second-order valence-electron chi connectivity index (χ2n) is 8.28. The van der Waals surface area contributed by atoms with Gasteiger partial charge in [0.2, 0.25) is 5.91 Å². The van der Waals surface area contributed by atoms with Crippen LogP contribution in [0.15, 0.2) is 54.6 Å². The first-order valence-electron chi connectivity index (χ1n) is 10.9. The van der Waals surface area contributed by atoms with Crippen molar-refractivity contribution >= 4 is 23.5 Å². The molecule has 6 heteroatoms. The third-order valence-electron chi connectivity index (χ3n) is 6.54. The van der Waals surface area contributed by atoms with Gasteiger partial charge in [-0.1, -0.05) is 55.7 Å². The topological polar surface area (TPSA) is 75.7 Å². The van der Waals surface area contributed by atoms with Gasteiger partial charge in [-0.2, -0.15) is 0 Å². The molecule has 0 aromatic heterocycles. The molecule has 6 nitrogen and oxygen atoms in total. The molecule has 2 aliphatic rings. The number of ether oxygens (including phenoxy) is 1. The Kier molecular flexibility index (Phi) is 6.07. The van der Waals surface area contributed by atoms with Crippen LogP contribution in [0.3, 0.4) is 0 Å². The lowest BCUT2D eigenvalue weighted by Crippen LogP contribution is -2.63. The smallest absolute Gasteiger partial charge is 0.307 e. The van der Waals surface area contributed by atoms with E-state index in [1.54, 1.807) is 6.07 Å². The van der Waals surface area contributed by atoms with Crippen LogP contribution in [0.25, 0.3) is 0 Å². The van der Waals surface area contributed by atoms with Crippen molar-refractivity contribution in [2.45, 2.75) is 50.0 Å². The van der Waals surface area contributed by atoms with Crippen LogP contribution in [0.5, 0.6) is 0 Å². The van der Waals surface area contributed by atoms with Gasteiger partial charge in [-0.25, -0.2) is 0 Å². The number of hydrogen-bond acceptors (Lipinski definition) is 4. The zero-order chi connectivity index (χ0) is 21.8. The van der Waals surface area contributed by atoms with Gasteiger partial charge in [-0.3, -0.25) is 14.4 Å². The van der Waals surface area contributed by atoms with Crippen molar-refractivity contribution in [1.82, 2.24) is 5.32 Å². The van der Waals surface area contributed by atoms with Gasteiger partial charge in [0.05, 0.1) is 25.0 Å². The number of carbonyl (C=O) groups is 3. The summed E-state index contributed by atoms with van der Waals surface area (Å²) in [4.78, 5) is 40.7. The highest BCUT2D eigenvalue weighted by Crippen LogP contribution is 2.50. The fraction of sp³-hybridized carbons (Fsp3) is 0.400. The van der Waals surface area contributed by atoms with Crippen molar-refractivity contribution < 1.29 is 19.1 Å². The Morgan fingerprint density at radius 2 is 1.71 bits per heavy atom. The maximum absolute atomic E-state index is 13.7. The minimum absolute atomic E-state index is 0.0534. The maximum atomic E-state index is 13.7. The van der Waals surface area contributed by atoms with Gasteiger partial charge >= 0.3 is 5.97 Å². The van der Waals surface area contributed by atoms with E-state index < -0.39 is 11.5 Å². The summed E-state index contributed by atoms with van der Waals surface area (Å²) < 4.78 is 4.69. The number of hydrogen-bond donors (Lipinski definition) is 1. The molecule has 1 aliphatic carbocycles. The minimum atomic E-state index is -0.625. The molecule has 1 aliphatic heterocycles. The number of benzene rings is 2. The molecule has 1 fully saturated rings. The number of anilines is 1. The number of methoxy groups -OCH3 is 1. The van der Waals surface area contributed by atoms with E-state index in [0.29, 0.717) is 5.56 Å². The Morgan fingerprint density at radius 1 is 1.03 bits per heavy atom. The van der Waals surface area contributed by atoms with Crippen molar-refractivity contribution in [3.63, 3.8) is 0 Å². The molecule has 1 spiro atoms. The third kappa shape index (κ3) is 3.82. The lowest BCUT2D eigenvalue weighted by molar-refractivity contribution is -0.140. The Balaban J connectivity index is 1.79. The highest BCUT2D eigenvalue weighted by atomic mass is 16.5. The van der Waals surface area contributed by atoms with E-state index in [1.165, 1.54) is 7.11 Å². The molecule has 1 N–H and O–H groups in total. The summed E-state index contributed by atoms with van der Waals surface area (Å²) in [7, 11) is 1.34. The van der Waals surface area contributed by atoms with E-state index >= 15 is 0 Å². The number of fused-ring (bicyclic) bond motifs is 1. The minimum Gasteiger partial charge on any atom is -0.469 e. The molecule has 31 heavy (non-hydrogen) atoms. The van der Waals surface area contributed by atoms with E-state index in [4.69, 9.17) is 0 Å². The fourth-order valence-corrected chi connectivity index (χ4v) is 5.19. The molecule has 1 saturated carbocycles. The van der Waals surface area contributed by atoms with Crippen molar-refractivity contribution in [3.05, 3.63) is 65.7 Å². The van der Waals surface area contributed by atoms with Crippen LogP contribution < -0.4 is 10.2 Å². The Labute approximate surface area is 182 Å². The van der Waals surface area contributed by atoms with Crippen LogP contribution in [-0.4, -0.2) is 37.0 Å². The molecule has 0 unspecified atom stereocenters. The second kappa shape index (κ2) is 8.92. The molecule has 0 saturated heterocycles. The fourth-order valence-electron chi connectivity index (χ4n) is 5.19. The lowest BCUT2D eigenvalue weighted by Gasteiger charge is -2.53. The average Bonchev–Trinajstić information content (AvgIpc) is 2.80. The molecule has 162 valence electrons. The summed E-state index contributed by atoms with van der Waals surface area (Å²) >= 11 is 0.